The molecule has 1 aromatic heterocycles. The van der Waals surface area contributed by atoms with Gasteiger partial charge in [-0.2, -0.15) is 3.71 Å². The van der Waals surface area contributed by atoms with Gasteiger partial charge in [-0.25, -0.2) is 21.8 Å². The van der Waals surface area contributed by atoms with Crippen molar-refractivity contribution in [2.45, 2.75) is 22.6 Å². The molecule has 3 aromatic carbocycles. The molecule has 4 aromatic rings. The number of fused-ring (bicyclic) bond motifs is 1. The van der Waals surface area contributed by atoms with Crippen LogP contribution in [0.3, 0.4) is 0 Å². The van der Waals surface area contributed by atoms with Crippen LogP contribution in [0.4, 0.5) is 10.8 Å². The summed E-state index contributed by atoms with van der Waals surface area (Å²) in [5.74, 6) is -0.200. The number of rotatable bonds is 7. The van der Waals surface area contributed by atoms with Gasteiger partial charge in [0.05, 0.1) is 25.7 Å². The van der Waals surface area contributed by atoms with Gasteiger partial charge in [-0.05, 0) is 75.4 Å². The van der Waals surface area contributed by atoms with Crippen molar-refractivity contribution in [1.82, 2.24) is 9.88 Å². The van der Waals surface area contributed by atoms with E-state index in [9.17, 15) is 21.6 Å². The van der Waals surface area contributed by atoms with Crippen LogP contribution in [0.1, 0.15) is 12.8 Å². The summed E-state index contributed by atoms with van der Waals surface area (Å²) < 4.78 is 55.8. The van der Waals surface area contributed by atoms with Crippen molar-refractivity contribution in [1.29, 1.82) is 0 Å². The average Bonchev–Trinajstić information content (AvgIpc) is 3.31. The number of hydrogen-bond acceptors (Lipinski definition) is 8. The predicted molar refractivity (Wildman–Crippen MR) is 148 cm³/mol. The molecule has 198 valence electrons. The number of sulfonamides is 2. The molecule has 0 bridgehead atoms. The van der Waals surface area contributed by atoms with Crippen LogP contribution in [0.15, 0.2) is 88.7 Å². The van der Waals surface area contributed by atoms with E-state index in [0.717, 1.165) is 37.3 Å². The highest BCUT2D eigenvalue weighted by Crippen LogP contribution is 2.35. The normalized spacial score (nSPS) is 15.4. The third kappa shape index (κ3) is 5.17. The standard InChI is InChI=1S/C26H26N4O5S3/c1-29-16-14-19(15-17-29)25(31)28-26-27-23-13-12-20(18-24(23)36-26)30(37(32,33)21-8-4-2-5-9-21)38(34,35)22-10-6-3-7-11-22/h2-13,18-19H,14-17H2,1H3,(H,27,28,31). The molecule has 5 rings (SSSR count). The van der Waals surface area contributed by atoms with Crippen LogP contribution >= 0.6 is 11.3 Å². The summed E-state index contributed by atoms with van der Waals surface area (Å²) in [7, 11) is -6.98. The van der Waals surface area contributed by atoms with Gasteiger partial charge in [0.2, 0.25) is 5.91 Å². The first-order valence-electron chi connectivity index (χ1n) is 12.0. The molecule has 1 amide bonds. The lowest BCUT2D eigenvalue weighted by atomic mass is 9.96. The van der Waals surface area contributed by atoms with Crippen LogP contribution in [-0.2, 0) is 24.8 Å². The molecule has 1 aliphatic rings. The molecule has 1 N–H and O–H groups in total. The zero-order chi connectivity index (χ0) is 26.9. The molecule has 38 heavy (non-hydrogen) atoms. The van der Waals surface area contributed by atoms with E-state index in [1.54, 1.807) is 18.2 Å². The van der Waals surface area contributed by atoms with Gasteiger partial charge in [-0.1, -0.05) is 47.7 Å². The minimum atomic E-state index is -4.50. The fourth-order valence-electron chi connectivity index (χ4n) is 4.34. The first kappa shape index (κ1) is 26.3. The molecule has 1 fully saturated rings. The van der Waals surface area contributed by atoms with Crippen molar-refractivity contribution >= 4 is 58.3 Å². The Morgan fingerprint density at radius 1 is 0.895 bits per heavy atom. The Morgan fingerprint density at radius 3 is 2.00 bits per heavy atom. The third-order valence-corrected chi connectivity index (χ3v) is 11.6. The number of carbonyl (C=O) groups is 1. The number of likely N-dealkylation sites (tertiary alicyclic amines) is 1. The van der Waals surface area contributed by atoms with Gasteiger partial charge in [0.1, 0.15) is 0 Å². The Labute approximate surface area is 225 Å². The van der Waals surface area contributed by atoms with E-state index < -0.39 is 20.0 Å². The minimum absolute atomic E-state index is 0.0537. The van der Waals surface area contributed by atoms with Gasteiger partial charge < -0.3 is 10.2 Å². The molecule has 2 heterocycles. The molecule has 0 radical (unpaired) electrons. The summed E-state index contributed by atoms with van der Waals surface area (Å²) in [5.41, 5.74) is 0.466. The lowest BCUT2D eigenvalue weighted by molar-refractivity contribution is -0.121. The van der Waals surface area contributed by atoms with E-state index in [2.05, 4.69) is 15.2 Å². The first-order chi connectivity index (χ1) is 18.2. The zero-order valence-corrected chi connectivity index (χ0v) is 23.0. The van der Waals surface area contributed by atoms with E-state index in [0.29, 0.717) is 19.1 Å². The Kier molecular flexibility index (Phi) is 7.23. The van der Waals surface area contributed by atoms with E-state index in [1.165, 1.54) is 60.7 Å². The lowest BCUT2D eigenvalue weighted by Gasteiger charge is -2.27. The molecule has 0 atom stereocenters. The second-order valence-electron chi connectivity index (χ2n) is 9.07. The van der Waals surface area contributed by atoms with E-state index in [1.807, 2.05) is 7.05 Å². The highest BCUT2D eigenvalue weighted by molar-refractivity contribution is 8.10. The summed E-state index contributed by atoms with van der Waals surface area (Å²) in [6.07, 6.45) is 1.53. The van der Waals surface area contributed by atoms with Gasteiger partial charge in [-0.15, -0.1) is 0 Å². The second-order valence-corrected chi connectivity index (χ2v) is 13.9. The molecular weight excluding hydrogens is 545 g/mol. The first-order valence-corrected chi connectivity index (χ1v) is 15.7. The largest absolute Gasteiger partial charge is 0.306 e. The van der Waals surface area contributed by atoms with Crippen molar-refractivity contribution in [3.05, 3.63) is 78.9 Å². The maximum Gasteiger partial charge on any atom is 0.277 e. The van der Waals surface area contributed by atoms with E-state index >= 15 is 0 Å². The maximum absolute atomic E-state index is 13.7. The van der Waals surface area contributed by atoms with Crippen LogP contribution in [0.25, 0.3) is 10.2 Å². The number of amides is 1. The minimum Gasteiger partial charge on any atom is -0.306 e. The van der Waals surface area contributed by atoms with Crippen molar-refractivity contribution in [3.8, 4) is 0 Å². The van der Waals surface area contributed by atoms with Gasteiger partial charge in [-0.3, -0.25) is 4.79 Å². The zero-order valence-electron chi connectivity index (χ0n) is 20.5. The van der Waals surface area contributed by atoms with Crippen LogP contribution < -0.4 is 9.03 Å². The summed E-state index contributed by atoms with van der Waals surface area (Å²) in [6.45, 7) is 1.70. The van der Waals surface area contributed by atoms with Crippen molar-refractivity contribution in [2.75, 3.05) is 29.2 Å². The number of anilines is 2. The third-order valence-electron chi connectivity index (χ3n) is 6.42. The van der Waals surface area contributed by atoms with Crippen LogP contribution in [0.5, 0.6) is 0 Å². The number of benzene rings is 3. The molecule has 0 unspecified atom stereocenters. The van der Waals surface area contributed by atoms with Crippen molar-refractivity contribution < 1.29 is 21.6 Å². The van der Waals surface area contributed by atoms with Crippen molar-refractivity contribution in [3.63, 3.8) is 0 Å². The monoisotopic (exact) mass is 570 g/mol. The number of piperidine rings is 1. The Balaban J connectivity index is 1.53. The highest BCUT2D eigenvalue weighted by Gasteiger charge is 2.37. The number of nitrogens with zero attached hydrogens (tertiary/aromatic N) is 3. The van der Waals surface area contributed by atoms with E-state index in [-0.39, 0.29) is 27.3 Å². The van der Waals surface area contributed by atoms with Crippen LogP contribution in [-0.4, -0.2) is 52.8 Å². The molecule has 0 aliphatic carbocycles. The fourth-order valence-corrected chi connectivity index (χ4v) is 8.96. The molecule has 1 saturated heterocycles. The van der Waals surface area contributed by atoms with Gasteiger partial charge in [0.25, 0.3) is 20.0 Å². The number of nitrogens with one attached hydrogen (secondary N) is 1. The number of thiazole rings is 1. The predicted octanol–water partition coefficient (Wildman–Crippen LogP) is 4.16. The Hall–Kier alpha value is -3.32. The quantitative estimate of drug-likeness (QED) is 0.355. The smallest absolute Gasteiger partial charge is 0.277 e. The topological polar surface area (TPSA) is 117 Å². The van der Waals surface area contributed by atoms with Gasteiger partial charge in [0, 0.05) is 5.92 Å². The molecule has 12 heteroatoms. The molecule has 0 spiro atoms. The van der Waals surface area contributed by atoms with Crippen LogP contribution in [0, 0.1) is 5.92 Å². The number of aromatic nitrogens is 1. The summed E-state index contributed by atoms with van der Waals surface area (Å²) in [5, 5.41) is 3.26. The molecule has 0 saturated carbocycles. The summed E-state index contributed by atoms with van der Waals surface area (Å²) >= 11 is 1.16. The summed E-state index contributed by atoms with van der Waals surface area (Å²) in [6, 6.07) is 19.3. The van der Waals surface area contributed by atoms with Crippen molar-refractivity contribution in [2.24, 2.45) is 5.92 Å². The summed E-state index contributed by atoms with van der Waals surface area (Å²) in [4.78, 5) is 19.1. The number of carbonyl (C=O) groups excluding carboxylic acids is 1. The van der Waals surface area contributed by atoms with Gasteiger partial charge >= 0.3 is 0 Å². The number of hydrogen-bond donors (Lipinski definition) is 1. The Bertz CT molecular complexity index is 1600. The fraction of sp³-hybridized carbons (Fsp3) is 0.231. The average molecular weight is 571 g/mol. The molecule has 9 nitrogen and oxygen atoms in total. The maximum atomic E-state index is 13.7. The Morgan fingerprint density at radius 2 is 1.45 bits per heavy atom. The highest BCUT2D eigenvalue weighted by atomic mass is 32.3. The second kappa shape index (κ2) is 10.4. The van der Waals surface area contributed by atoms with Crippen LogP contribution in [0.2, 0.25) is 0 Å². The SMILES string of the molecule is CN1CCC(C(=O)Nc2nc3ccc(N(S(=O)(=O)c4ccccc4)S(=O)(=O)c4ccccc4)cc3s2)CC1. The lowest BCUT2D eigenvalue weighted by Crippen LogP contribution is -2.37. The molecular formula is C26H26N4O5S3. The van der Waals surface area contributed by atoms with E-state index in [4.69, 9.17) is 0 Å². The van der Waals surface area contributed by atoms with Gasteiger partial charge in [0.15, 0.2) is 5.13 Å². The molecule has 1 aliphatic heterocycles.